The molecule has 0 aliphatic heterocycles. The summed E-state index contributed by atoms with van der Waals surface area (Å²) in [5.74, 6) is 0.645. The molecule has 0 amide bonds. The maximum atomic E-state index is 11.2. The predicted octanol–water partition coefficient (Wildman–Crippen LogP) is 3.61. The summed E-state index contributed by atoms with van der Waals surface area (Å²) in [6.45, 7) is 0.529. The summed E-state index contributed by atoms with van der Waals surface area (Å²) in [6, 6.07) is 12.1. The Morgan fingerprint density at radius 2 is 1.82 bits per heavy atom. The van der Waals surface area contributed by atoms with Gasteiger partial charge in [0, 0.05) is 10.5 Å². The lowest BCUT2D eigenvalue weighted by Crippen LogP contribution is -2.11. The Balaban J connectivity index is 1.90. The topological polar surface area (TPSA) is 65.0 Å². The maximum absolute atomic E-state index is 11.2. The lowest BCUT2D eigenvalue weighted by molar-refractivity contribution is 0.0691. The van der Waals surface area contributed by atoms with E-state index in [9.17, 15) is 4.79 Å². The van der Waals surface area contributed by atoms with Crippen LogP contribution < -0.4 is 14.2 Å². The van der Waals surface area contributed by atoms with E-state index in [1.165, 1.54) is 6.07 Å². The highest BCUT2D eigenvalue weighted by Crippen LogP contribution is 2.23. The first-order chi connectivity index (χ1) is 10.6. The highest BCUT2D eigenvalue weighted by atomic mass is 79.9. The van der Waals surface area contributed by atoms with Gasteiger partial charge in [0.25, 0.3) is 0 Å². The Hall–Kier alpha value is -2.21. The van der Waals surface area contributed by atoms with E-state index in [-0.39, 0.29) is 12.2 Å². The summed E-state index contributed by atoms with van der Waals surface area (Å²) >= 11 is 3.24. The van der Waals surface area contributed by atoms with Crippen molar-refractivity contribution in [1.29, 1.82) is 0 Å². The van der Waals surface area contributed by atoms with Gasteiger partial charge in [-0.05, 0) is 30.3 Å². The van der Waals surface area contributed by atoms with E-state index in [0.717, 1.165) is 0 Å². The van der Waals surface area contributed by atoms with Gasteiger partial charge < -0.3 is 19.3 Å². The first-order valence-electron chi connectivity index (χ1n) is 6.52. The predicted molar refractivity (Wildman–Crippen MR) is 85.1 cm³/mol. The molecule has 2 aromatic carbocycles. The van der Waals surface area contributed by atoms with E-state index in [1.807, 2.05) is 18.2 Å². The first-order valence-corrected chi connectivity index (χ1v) is 7.32. The molecule has 2 aromatic rings. The van der Waals surface area contributed by atoms with Crippen LogP contribution in [0.3, 0.4) is 0 Å². The Kier molecular flexibility index (Phi) is 5.66. The van der Waals surface area contributed by atoms with E-state index >= 15 is 0 Å². The summed E-state index contributed by atoms with van der Waals surface area (Å²) in [5, 5.41) is 9.14. The second-order valence-electron chi connectivity index (χ2n) is 4.32. The number of halogens is 1. The van der Waals surface area contributed by atoms with Crippen molar-refractivity contribution >= 4 is 21.9 Å². The summed E-state index contributed by atoms with van der Waals surface area (Å²) in [6.07, 6.45) is 0. The highest BCUT2D eigenvalue weighted by Gasteiger charge is 2.11. The van der Waals surface area contributed by atoms with Gasteiger partial charge in [-0.15, -0.1) is 0 Å². The molecule has 5 nitrogen and oxygen atoms in total. The number of carbonyl (C=O) groups is 1. The zero-order chi connectivity index (χ0) is 15.9. The number of carboxylic acid groups (broad SMARTS) is 1. The standard InChI is InChI=1S/C16H15BrO5/c1-20-12-3-2-4-13(10-12)21-7-8-22-15-6-5-11(17)9-14(15)16(18)19/h2-6,9-10H,7-8H2,1H3,(H,18,19). The summed E-state index contributed by atoms with van der Waals surface area (Å²) < 4.78 is 16.8. The minimum absolute atomic E-state index is 0.107. The largest absolute Gasteiger partial charge is 0.497 e. The SMILES string of the molecule is COc1cccc(OCCOc2ccc(Br)cc2C(=O)O)c1. The second kappa shape index (κ2) is 7.70. The first kappa shape index (κ1) is 16.2. The third-order valence-corrected chi connectivity index (χ3v) is 3.32. The van der Waals surface area contributed by atoms with Gasteiger partial charge in [0.2, 0.25) is 0 Å². The molecule has 0 atom stereocenters. The fraction of sp³-hybridized carbons (Fsp3) is 0.188. The number of carboxylic acids is 1. The van der Waals surface area contributed by atoms with Gasteiger partial charge in [0.15, 0.2) is 0 Å². The van der Waals surface area contributed by atoms with Crippen molar-refractivity contribution in [3.05, 3.63) is 52.5 Å². The number of hydrogen-bond donors (Lipinski definition) is 1. The Bertz CT molecular complexity index is 657. The molecule has 6 heteroatoms. The van der Waals surface area contributed by atoms with Crippen molar-refractivity contribution in [2.75, 3.05) is 20.3 Å². The van der Waals surface area contributed by atoms with E-state index in [4.69, 9.17) is 19.3 Å². The van der Waals surface area contributed by atoms with E-state index in [0.29, 0.717) is 28.3 Å². The third-order valence-electron chi connectivity index (χ3n) is 2.82. The fourth-order valence-electron chi connectivity index (χ4n) is 1.80. The third kappa shape index (κ3) is 4.39. The smallest absolute Gasteiger partial charge is 0.339 e. The van der Waals surface area contributed by atoms with Crippen LogP contribution in [-0.2, 0) is 0 Å². The Labute approximate surface area is 136 Å². The van der Waals surface area contributed by atoms with E-state index in [1.54, 1.807) is 25.3 Å². The molecule has 22 heavy (non-hydrogen) atoms. The number of benzene rings is 2. The zero-order valence-corrected chi connectivity index (χ0v) is 13.5. The summed E-state index contributed by atoms with van der Waals surface area (Å²) in [4.78, 5) is 11.2. The van der Waals surface area contributed by atoms with E-state index in [2.05, 4.69) is 15.9 Å². The van der Waals surface area contributed by atoms with Crippen molar-refractivity contribution in [3.63, 3.8) is 0 Å². The molecule has 0 unspecified atom stereocenters. The van der Waals surface area contributed by atoms with Crippen molar-refractivity contribution in [3.8, 4) is 17.2 Å². The molecule has 0 aromatic heterocycles. The molecule has 0 radical (unpaired) electrons. The van der Waals surface area contributed by atoms with Crippen LogP contribution in [0.25, 0.3) is 0 Å². The van der Waals surface area contributed by atoms with Crippen molar-refractivity contribution in [2.24, 2.45) is 0 Å². The summed E-state index contributed by atoms with van der Waals surface area (Å²) in [7, 11) is 1.59. The molecule has 1 N–H and O–H groups in total. The van der Waals surface area contributed by atoms with Gasteiger partial charge in [0.1, 0.15) is 36.0 Å². The van der Waals surface area contributed by atoms with Gasteiger partial charge in [-0.2, -0.15) is 0 Å². The van der Waals surface area contributed by atoms with Crippen molar-refractivity contribution < 1.29 is 24.1 Å². The van der Waals surface area contributed by atoms with Crippen LogP contribution >= 0.6 is 15.9 Å². The molecular weight excluding hydrogens is 352 g/mol. The van der Waals surface area contributed by atoms with Gasteiger partial charge in [-0.3, -0.25) is 0 Å². The second-order valence-corrected chi connectivity index (χ2v) is 5.24. The van der Waals surface area contributed by atoms with Gasteiger partial charge in [-0.1, -0.05) is 22.0 Å². The van der Waals surface area contributed by atoms with Crippen LogP contribution in [0.1, 0.15) is 10.4 Å². The average molecular weight is 367 g/mol. The Morgan fingerprint density at radius 3 is 2.55 bits per heavy atom. The van der Waals surface area contributed by atoms with Crippen LogP contribution in [-0.4, -0.2) is 31.4 Å². The number of hydrogen-bond acceptors (Lipinski definition) is 4. The van der Waals surface area contributed by atoms with Crippen LogP contribution in [0.2, 0.25) is 0 Å². The van der Waals surface area contributed by atoms with Gasteiger partial charge in [-0.25, -0.2) is 4.79 Å². The Morgan fingerprint density at radius 1 is 1.09 bits per heavy atom. The minimum Gasteiger partial charge on any atom is -0.497 e. The van der Waals surface area contributed by atoms with Gasteiger partial charge in [0.05, 0.1) is 7.11 Å². The zero-order valence-electron chi connectivity index (χ0n) is 11.9. The molecule has 0 aliphatic carbocycles. The molecule has 116 valence electrons. The quantitative estimate of drug-likeness (QED) is 0.758. The molecule has 0 saturated heterocycles. The molecule has 0 fully saturated rings. The van der Waals surface area contributed by atoms with Crippen LogP contribution in [0.15, 0.2) is 46.9 Å². The number of ether oxygens (including phenoxy) is 3. The molecule has 0 bridgehead atoms. The lowest BCUT2D eigenvalue weighted by atomic mass is 10.2. The molecule has 0 saturated carbocycles. The number of aromatic carboxylic acids is 1. The minimum atomic E-state index is -1.04. The fourth-order valence-corrected chi connectivity index (χ4v) is 2.16. The van der Waals surface area contributed by atoms with Gasteiger partial charge >= 0.3 is 5.97 Å². The molecule has 0 heterocycles. The highest BCUT2D eigenvalue weighted by molar-refractivity contribution is 9.10. The monoisotopic (exact) mass is 366 g/mol. The van der Waals surface area contributed by atoms with Crippen molar-refractivity contribution in [2.45, 2.75) is 0 Å². The normalized spacial score (nSPS) is 10.1. The van der Waals surface area contributed by atoms with E-state index < -0.39 is 5.97 Å². The molecule has 0 aliphatic rings. The molecular formula is C16H15BrO5. The van der Waals surface area contributed by atoms with Crippen LogP contribution in [0.5, 0.6) is 17.2 Å². The van der Waals surface area contributed by atoms with Crippen molar-refractivity contribution in [1.82, 2.24) is 0 Å². The average Bonchev–Trinajstić information content (AvgIpc) is 2.52. The number of rotatable bonds is 7. The molecule has 2 rings (SSSR count). The molecule has 0 spiro atoms. The maximum Gasteiger partial charge on any atom is 0.339 e. The van der Waals surface area contributed by atoms with Crippen LogP contribution in [0, 0.1) is 0 Å². The van der Waals surface area contributed by atoms with Crippen LogP contribution in [0.4, 0.5) is 0 Å². The number of methoxy groups -OCH3 is 1. The lowest BCUT2D eigenvalue weighted by Gasteiger charge is -2.11. The summed E-state index contributed by atoms with van der Waals surface area (Å²) in [5.41, 5.74) is 0.107.